The molecule has 0 aliphatic carbocycles. The average Bonchev–Trinajstić information content (AvgIpc) is 0. The number of hydrogen-bond acceptors (Lipinski definition) is 0. The van der Waals surface area contributed by atoms with Crippen molar-refractivity contribution in [3.8, 4) is 0 Å². The van der Waals surface area contributed by atoms with Crippen molar-refractivity contribution in [3.63, 3.8) is 0 Å². The van der Waals surface area contributed by atoms with Crippen LogP contribution in [0.15, 0.2) is 0 Å². The molecule has 0 aliphatic rings. The predicted octanol–water partition coefficient (Wildman–Crippen LogP) is -1.08. The minimum atomic E-state index is 0. The van der Waals surface area contributed by atoms with Gasteiger partial charge in [0.1, 0.15) is 0 Å². The molecule has 0 aromatic carbocycles. The molecular weight excluding hydrogens is 382 g/mol. The summed E-state index contributed by atoms with van der Waals surface area (Å²) in [5.74, 6) is 0. The molecule has 0 saturated heterocycles. The van der Waals surface area contributed by atoms with Crippen molar-refractivity contribution < 1.29 is 0 Å². The van der Waals surface area contributed by atoms with Crippen LogP contribution in [0.5, 0.6) is 0 Å². The Morgan fingerprint density at radius 1 is 0.750 bits per heavy atom. The summed E-state index contributed by atoms with van der Waals surface area (Å²) in [6, 6.07) is 0. The van der Waals surface area contributed by atoms with Crippen LogP contribution in [0.3, 0.4) is 0 Å². The van der Waals surface area contributed by atoms with Gasteiger partial charge in [-0.1, -0.05) is 0 Å². The minimum Gasteiger partial charge on any atom is -0.153 e. The molecule has 4 heavy (non-hydrogen) atoms. The Bertz CT molecular complexity index is 6.00. The largest absolute Gasteiger partial charge is 0.153 e. The van der Waals surface area contributed by atoms with Gasteiger partial charge in [0.15, 0.2) is 0 Å². The van der Waals surface area contributed by atoms with Crippen LogP contribution in [0.4, 0.5) is 0 Å². The van der Waals surface area contributed by atoms with Gasteiger partial charge in [0.05, 0.1) is 0 Å². The third kappa shape index (κ3) is 8.89. The molecule has 0 spiro atoms. The molecule has 1 unspecified atom stereocenters. The van der Waals surface area contributed by atoms with Crippen LogP contribution in [0.2, 0.25) is 0 Å². The summed E-state index contributed by atoms with van der Waals surface area (Å²) < 4.78 is 0. The second-order valence-corrected chi connectivity index (χ2v) is 0. The van der Waals surface area contributed by atoms with Gasteiger partial charge in [-0.3, -0.25) is 0 Å². The zero-order chi connectivity index (χ0) is 0. The van der Waals surface area contributed by atoms with Crippen LogP contribution in [-0.2, 0) is 0 Å². The van der Waals surface area contributed by atoms with E-state index in [0.29, 0.717) is 0 Å². The van der Waals surface area contributed by atoms with E-state index in [1.54, 1.807) is 0 Å². The summed E-state index contributed by atoms with van der Waals surface area (Å²) in [5.41, 5.74) is 0. The van der Waals surface area contributed by atoms with Crippen LogP contribution < -0.4 is 0 Å². The Morgan fingerprint density at radius 2 is 0.750 bits per heavy atom. The summed E-state index contributed by atoms with van der Waals surface area (Å²) in [6.45, 7) is 0. The third-order valence-electron chi connectivity index (χ3n) is 0. The van der Waals surface area contributed by atoms with Crippen LogP contribution in [0.25, 0.3) is 0 Å². The van der Waals surface area contributed by atoms with Gasteiger partial charge >= 0.3 is 0 Å². The van der Waals surface area contributed by atoms with Crippen LogP contribution in [-0.4, -0.2) is 76.1 Å². The molecule has 0 saturated carbocycles. The summed E-state index contributed by atoms with van der Waals surface area (Å²) >= 11 is 0. The minimum absolute atomic E-state index is 0. The molecule has 0 nitrogen and oxygen atoms in total. The SMILES string of the molecule is P.[In].[In].[Sb]. The van der Waals surface area contributed by atoms with Gasteiger partial charge in [-0.25, -0.2) is 0 Å². The van der Waals surface area contributed by atoms with Crippen molar-refractivity contribution in [2.24, 2.45) is 0 Å². The average molecular weight is 385 g/mol. The van der Waals surface area contributed by atoms with E-state index in [9.17, 15) is 0 Å². The molecule has 4 heteroatoms. The molecule has 9 radical (unpaired) electrons. The van der Waals surface area contributed by atoms with E-state index in [4.69, 9.17) is 0 Å². The molecule has 19 valence electrons. The van der Waals surface area contributed by atoms with Crippen LogP contribution in [0, 0.1) is 0 Å². The molecule has 0 amide bonds. The zero-order valence-electron chi connectivity index (χ0n) is 2.31. The van der Waals surface area contributed by atoms with E-state index in [-0.39, 0.29) is 86.0 Å². The van der Waals surface area contributed by atoms with Gasteiger partial charge in [-0.2, -0.15) is 9.90 Å². The maximum Gasteiger partial charge on any atom is 0 e. The molecule has 0 N–H and O–H groups in total. The fraction of sp³-hybridized carbons (Fsp3) is 0. The topological polar surface area (TPSA) is 0 Å². The molecule has 0 aromatic heterocycles. The summed E-state index contributed by atoms with van der Waals surface area (Å²) in [4.78, 5) is 0. The smallest absolute Gasteiger partial charge is 0 e. The summed E-state index contributed by atoms with van der Waals surface area (Å²) in [6.07, 6.45) is 0. The normalized spacial score (nSPS) is 0. The Balaban J connectivity index is 0. The predicted molar refractivity (Wildman–Crippen MR) is 28.4 cm³/mol. The first kappa shape index (κ1) is 28.1. The van der Waals surface area contributed by atoms with Gasteiger partial charge in [0.25, 0.3) is 0 Å². The number of rotatable bonds is 0. The third-order valence-corrected chi connectivity index (χ3v) is 0. The van der Waals surface area contributed by atoms with Crippen molar-refractivity contribution in [3.05, 3.63) is 0 Å². The first-order valence-electron chi connectivity index (χ1n) is 0. The van der Waals surface area contributed by atoms with Crippen molar-refractivity contribution in [2.45, 2.75) is 0 Å². The molecule has 0 rings (SSSR count). The van der Waals surface area contributed by atoms with E-state index in [2.05, 4.69) is 0 Å². The van der Waals surface area contributed by atoms with E-state index in [1.807, 2.05) is 0 Å². The van der Waals surface area contributed by atoms with Gasteiger partial charge in [0.2, 0.25) is 0 Å². The van der Waals surface area contributed by atoms with E-state index < -0.39 is 0 Å². The number of hydrogen-bond donors (Lipinski definition) is 0. The second-order valence-electron chi connectivity index (χ2n) is 0. The van der Waals surface area contributed by atoms with Crippen molar-refractivity contribution in [1.82, 2.24) is 0 Å². The molecular formula is H3In2PSb. The Kier molecular flexibility index (Phi) is 117. The van der Waals surface area contributed by atoms with Crippen molar-refractivity contribution in [2.75, 3.05) is 0 Å². The standard InChI is InChI=1S/2In.H3P.Sb/h;;1H3;. The molecule has 0 bridgehead atoms. The first-order chi connectivity index (χ1) is 0. The Labute approximate surface area is 84.5 Å². The monoisotopic (exact) mass is 385 g/mol. The van der Waals surface area contributed by atoms with Crippen molar-refractivity contribution in [1.29, 1.82) is 0 Å². The zero-order valence-corrected chi connectivity index (χ0v) is 12.9. The maximum absolute atomic E-state index is 0. The van der Waals surface area contributed by atoms with Crippen LogP contribution in [0.1, 0.15) is 0 Å². The van der Waals surface area contributed by atoms with Gasteiger partial charge in [-0.15, -0.1) is 0 Å². The van der Waals surface area contributed by atoms with E-state index in [1.165, 1.54) is 0 Å². The summed E-state index contributed by atoms with van der Waals surface area (Å²) in [7, 11) is 0. The van der Waals surface area contributed by atoms with Gasteiger partial charge in [-0.05, 0) is 0 Å². The van der Waals surface area contributed by atoms with Crippen molar-refractivity contribution >= 4 is 86.0 Å². The molecule has 0 aliphatic heterocycles. The van der Waals surface area contributed by atoms with E-state index >= 15 is 0 Å². The van der Waals surface area contributed by atoms with E-state index in [0.717, 1.165) is 0 Å². The second kappa shape index (κ2) is 16.7. The Hall–Kier alpha value is 2.99. The van der Waals surface area contributed by atoms with Gasteiger partial charge in [0, 0.05) is 76.1 Å². The molecule has 1 atom stereocenters. The molecule has 0 aromatic rings. The molecule has 0 heterocycles. The fourth-order valence-electron chi connectivity index (χ4n) is 0. The van der Waals surface area contributed by atoms with Crippen LogP contribution >= 0.6 is 9.90 Å². The van der Waals surface area contributed by atoms with Gasteiger partial charge < -0.3 is 0 Å². The maximum atomic E-state index is 0. The quantitative estimate of drug-likeness (QED) is 0.368. The fourth-order valence-corrected chi connectivity index (χ4v) is 0. The summed E-state index contributed by atoms with van der Waals surface area (Å²) in [5, 5.41) is 0. The first-order valence-corrected chi connectivity index (χ1v) is 0. The Morgan fingerprint density at radius 3 is 0.750 bits per heavy atom. The molecule has 0 fully saturated rings.